The first kappa shape index (κ1) is 18.0. The fourth-order valence-electron chi connectivity index (χ4n) is 1.97. The number of hydrogen-bond donors (Lipinski definition) is 2. The molecule has 0 heterocycles. The Morgan fingerprint density at radius 2 is 2.05 bits per heavy atom. The van der Waals surface area contributed by atoms with Crippen molar-refractivity contribution in [3.63, 3.8) is 0 Å². The van der Waals surface area contributed by atoms with Crippen LogP contribution in [0.3, 0.4) is 0 Å². The van der Waals surface area contributed by atoms with Gasteiger partial charge in [0.1, 0.15) is 11.6 Å². The van der Waals surface area contributed by atoms with Crippen molar-refractivity contribution in [2.24, 2.45) is 16.6 Å². The zero-order chi connectivity index (χ0) is 14.2. The lowest BCUT2D eigenvalue weighted by molar-refractivity contribution is 0.310. The summed E-state index contributed by atoms with van der Waals surface area (Å²) in [5.41, 5.74) is 5.77. The predicted octanol–water partition coefficient (Wildman–Crippen LogP) is 2.92. The van der Waals surface area contributed by atoms with Crippen molar-refractivity contribution in [3.05, 3.63) is 30.1 Å². The summed E-state index contributed by atoms with van der Waals surface area (Å²) in [7, 11) is 0. The number of guanidine groups is 1. The lowest BCUT2D eigenvalue weighted by Gasteiger charge is -2.23. The first-order valence-corrected chi connectivity index (χ1v) is 7.16. The molecule has 1 aromatic carbocycles. The van der Waals surface area contributed by atoms with Gasteiger partial charge < -0.3 is 15.8 Å². The van der Waals surface area contributed by atoms with E-state index in [1.807, 2.05) is 0 Å². The van der Waals surface area contributed by atoms with Crippen molar-refractivity contribution in [2.45, 2.75) is 25.7 Å². The quantitative estimate of drug-likeness (QED) is 0.316. The first-order valence-electron chi connectivity index (χ1n) is 7.16. The van der Waals surface area contributed by atoms with Crippen LogP contribution in [0.25, 0.3) is 0 Å². The standard InChI is InChI=1S/C15H22FN3O.HI/c16-13-5-7-14(8-6-13)20-10-2-9-18-15(17)19-11-12-3-1-4-12;/h5-8,12H,1-4,9-11H2,(H3,17,18,19);1H. The Hall–Kier alpha value is -1.05. The molecular formula is C15H23FIN3O. The molecule has 0 bridgehead atoms. The largest absolute Gasteiger partial charge is 0.494 e. The van der Waals surface area contributed by atoms with Crippen LogP contribution in [-0.4, -0.2) is 25.7 Å². The maximum atomic E-state index is 12.7. The summed E-state index contributed by atoms with van der Waals surface area (Å²) in [5.74, 6) is 1.67. The Balaban J connectivity index is 0.00000220. The lowest BCUT2D eigenvalue weighted by Crippen LogP contribution is -2.34. The van der Waals surface area contributed by atoms with Gasteiger partial charge >= 0.3 is 0 Å². The molecule has 1 aromatic rings. The molecule has 0 unspecified atom stereocenters. The maximum absolute atomic E-state index is 12.7. The average Bonchev–Trinajstić information content (AvgIpc) is 2.39. The van der Waals surface area contributed by atoms with E-state index in [0.717, 1.165) is 25.4 Å². The van der Waals surface area contributed by atoms with Crippen molar-refractivity contribution in [2.75, 3.05) is 19.7 Å². The Kier molecular flexibility index (Phi) is 8.41. The zero-order valence-corrected chi connectivity index (χ0v) is 14.4. The molecular weight excluding hydrogens is 384 g/mol. The third-order valence-electron chi connectivity index (χ3n) is 3.45. The second kappa shape index (κ2) is 9.81. The van der Waals surface area contributed by atoms with Crippen LogP contribution >= 0.6 is 24.0 Å². The Labute approximate surface area is 142 Å². The summed E-state index contributed by atoms with van der Waals surface area (Å²) in [6.07, 6.45) is 4.70. The van der Waals surface area contributed by atoms with E-state index in [4.69, 9.17) is 10.5 Å². The molecule has 0 spiro atoms. The molecule has 1 fully saturated rings. The van der Waals surface area contributed by atoms with Gasteiger partial charge in [0, 0.05) is 13.1 Å². The molecule has 0 atom stereocenters. The average molecular weight is 407 g/mol. The van der Waals surface area contributed by atoms with E-state index in [1.54, 1.807) is 12.1 Å². The number of benzene rings is 1. The van der Waals surface area contributed by atoms with Gasteiger partial charge in [-0.05, 0) is 49.4 Å². The monoisotopic (exact) mass is 407 g/mol. The smallest absolute Gasteiger partial charge is 0.188 e. The highest BCUT2D eigenvalue weighted by Gasteiger charge is 2.16. The van der Waals surface area contributed by atoms with E-state index in [-0.39, 0.29) is 29.8 Å². The van der Waals surface area contributed by atoms with Crippen LogP contribution in [0.15, 0.2) is 29.3 Å². The molecule has 21 heavy (non-hydrogen) atoms. The van der Waals surface area contributed by atoms with Crippen LogP contribution in [0.5, 0.6) is 5.75 Å². The number of nitrogens with two attached hydrogens (primary N) is 1. The van der Waals surface area contributed by atoms with Crippen LogP contribution in [-0.2, 0) is 0 Å². The highest BCUT2D eigenvalue weighted by atomic mass is 127. The molecule has 0 amide bonds. The third-order valence-corrected chi connectivity index (χ3v) is 3.45. The Morgan fingerprint density at radius 1 is 1.33 bits per heavy atom. The Bertz CT molecular complexity index is 435. The van der Waals surface area contributed by atoms with Gasteiger partial charge in [-0.15, -0.1) is 24.0 Å². The van der Waals surface area contributed by atoms with Gasteiger partial charge in [0.15, 0.2) is 5.96 Å². The molecule has 1 aliphatic rings. The van der Waals surface area contributed by atoms with Gasteiger partial charge in [-0.2, -0.15) is 0 Å². The van der Waals surface area contributed by atoms with Crippen molar-refractivity contribution in [1.29, 1.82) is 0 Å². The van der Waals surface area contributed by atoms with Crippen LogP contribution < -0.4 is 15.8 Å². The van der Waals surface area contributed by atoms with E-state index in [2.05, 4.69) is 10.3 Å². The van der Waals surface area contributed by atoms with Crippen molar-refractivity contribution in [3.8, 4) is 5.75 Å². The predicted molar refractivity (Wildman–Crippen MR) is 93.8 cm³/mol. The van der Waals surface area contributed by atoms with Gasteiger partial charge in [-0.3, -0.25) is 4.99 Å². The summed E-state index contributed by atoms with van der Waals surface area (Å²) in [4.78, 5) is 4.31. The molecule has 0 saturated heterocycles. The number of hydrogen-bond acceptors (Lipinski definition) is 2. The van der Waals surface area contributed by atoms with Gasteiger partial charge in [0.2, 0.25) is 0 Å². The van der Waals surface area contributed by atoms with E-state index in [9.17, 15) is 4.39 Å². The molecule has 3 N–H and O–H groups in total. The number of nitrogens with zero attached hydrogens (tertiary/aromatic N) is 1. The Morgan fingerprint density at radius 3 is 2.67 bits per heavy atom. The molecule has 2 rings (SSSR count). The SMILES string of the molecule is I.NC(=NCC1CCC1)NCCCOc1ccc(F)cc1. The van der Waals surface area contributed by atoms with E-state index < -0.39 is 0 Å². The normalized spacial score (nSPS) is 15.0. The summed E-state index contributed by atoms with van der Waals surface area (Å²) < 4.78 is 18.2. The van der Waals surface area contributed by atoms with Gasteiger partial charge in [0.25, 0.3) is 0 Å². The second-order valence-corrected chi connectivity index (χ2v) is 5.11. The molecule has 0 aliphatic heterocycles. The molecule has 118 valence electrons. The number of nitrogens with one attached hydrogen (secondary N) is 1. The van der Waals surface area contributed by atoms with Crippen LogP contribution in [0.4, 0.5) is 4.39 Å². The zero-order valence-electron chi connectivity index (χ0n) is 12.1. The summed E-state index contributed by atoms with van der Waals surface area (Å²) in [5, 5.41) is 3.07. The van der Waals surface area contributed by atoms with Crippen molar-refractivity contribution in [1.82, 2.24) is 5.32 Å². The minimum Gasteiger partial charge on any atom is -0.494 e. The molecule has 4 nitrogen and oxygen atoms in total. The molecule has 0 radical (unpaired) electrons. The van der Waals surface area contributed by atoms with Gasteiger partial charge in [-0.1, -0.05) is 6.42 Å². The fraction of sp³-hybridized carbons (Fsp3) is 0.533. The highest BCUT2D eigenvalue weighted by molar-refractivity contribution is 14.0. The van der Waals surface area contributed by atoms with Crippen molar-refractivity contribution >= 4 is 29.9 Å². The topological polar surface area (TPSA) is 59.6 Å². The summed E-state index contributed by atoms with van der Waals surface area (Å²) in [6.45, 7) is 2.13. The summed E-state index contributed by atoms with van der Waals surface area (Å²) in [6, 6.07) is 6.02. The molecule has 0 aromatic heterocycles. The molecule has 1 aliphatic carbocycles. The lowest BCUT2D eigenvalue weighted by atomic mass is 9.86. The third kappa shape index (κ3) is 6.97. The summed E-state index contributed by atoms with van der Waals surface area (Å²) >= 11 is 0. The number of rotatable bonds is 7. The van der Waals surface area contributed by atoms with Crippen LogP contribution in [0.2, 0.25) is 0 Å². The van der Waals surface area contributed by atoms with Crippen LogP contribution in [0.1, 0.15) is 25.7 Å². The van der Waals surface area contributed by atoms with E-state index >= 15 is 0 Å². The number of ether oxygens (including phenoxy) is 1. The molecule has 1 saturated carbocycles. The highest BCUT2D eigenvalue weighted by Crippen LogP contribution is 2.26. The minimum atomic E-state index is -0.255. The number of halogens is 2. The molecule has 6 heteroatoms. The minimum absolute atomic E-state index is 0. The first-order chi connectivity index (χ1) is 9.74. The maximum Gasteiger partial charge on any atom is 0.188 e. The van der Waals surface area contributed by atoms with Crippen molar-refractivity contribution < 1.29 is 9.13 Å². The second-order valence-electron chi connectivity index (χ2n) is 5.11. The van der Waals surface area contributed by atoms with Crippen LogP contribution in [0, 0.1) is 11.7 Å². The van der Waals surface area contributed by atoms with E-state index in [0.29, 0.717) is 18.3 Å². The fourth-order valence-corrected chi connectivity index (χ4v) is 1.97. The van der Waals surface area contributed by atoms with Gasteiger partial charge in [-0.25, -0.2) is 4.39 Å². The van der Waals surface area contributed by atoms with Gasteiger partial charge in [0.05, 0.1) is 6.61 Å². The van der Waals surface area contributed by atoms with E-state index in [1.165, 1.54) is 31.4 Å². The number of aliphatic imine (C=N–C) groups is 1.